The Morgan fingerprint density at radius 2 is 0.963 bits per heavy atom. The number of carbonyl (C=O) groups is 2. The van der Waals surface area contributed by atoms with Gasteiger partial charge in [0.15, 0.2) is 0 Å². The zero-order chi connectivity index (χ0) is 19.5. The maximum Gasteiger partial charge on any atom is 1.00 e. The third-order valence-electron chi connectivity index (χ3n) is 4.87. The summed E-state index contributed by atoms with van der Waals surface area (Å²) >= 11 is 0. The summed E-state index contributed by atoms with van der Waals surface area (Å²) in [5.74, 6) is -2.30. The number of hydrogen-bond acceptors (Lipinski definition) is 2. The Labute approximate surface area is 188 Å². The Hall–Kier alpha value is -0.320. The Morgan fingerprint density at radius 1 is 0.630 bits per heavy atom. The maximum absolute atomic E-state index is 10.9. The monoisotopic (exact) mass is 391 g/mol. The van der Waals surface area contributed by atoms with Crippen molar-refractivity contribution in [3.63, 3.8) is 0 Å². The molecule has 2 N–H and O–H groups in total. The van der Waals surface area contributed by atoms with Gasteiger partial charge in [0.2, 0.25) is 0 Å². The van der Waals surface area contributed by atoms with E-state index in [-0.39, 0.29) is 35.1 Å². The SMILES string of the molecule is CCCCCCCCCCCCCCCCCC/C(=C\C(=O)O)C(=O)O.[Na+]. The van der Waals surface area contributed by atoms with Gasteiger partial charge in [0, 0.05) is 11.6 Å². The molecule has 4 nitrogen and oxygen atoms in total. The molecule has 0 aromatic heterocycles. The van der Waals surface area contributed by atoms with Gasteiger partial charge in [0.25, 0.3) is 0 Å². The Balaban J connectivity index is 0. The van der Waals surface area contributed by atoms with E-state index in [0.29, 0.717) is 6.42 Å². The van der Waals surface area contributed by atoms with E-state index in [2.05, 4.69) is 6.92 Å². The number of rotatable bonds is 19. The minimum Gasteiger partial charge on any atom is -0.478 e. The van der Waals surface area contributed by atoms with Gasteiger partial charge < -0.3 is 10.2 Å². The smallest absolute Gasteiger partial charge is 0.478 e. The minimum absolute atomic E-state index is 0. The van der Waals surface area contributed by atoms with Crippen LogP contribution in [-0.4, -0.2) is 22.2 Å². The molecule has 0 fully saturated rings. The fourth-order valence-electron chi connectivity index (χ4n) is 3.25. The fourth-order valence-corrected chi connectivity index (χ4v) is 3.25. The molecular formula is C22H40NaO4+. The van der Waals surface area contributed by atoms with Crippen molar-refractivity contribution in [2.75, 3.05) is 0 Å². The average Bonchev–Trinajstić information content (AvgIpc) is 2.59. The standard InChI is InChI=1S/C22H40O4.Na/c1-2-3-4-5-6-7-8-9-10-11-12-13-14-15-16-17-18-20(22(25)26)19-21(23)24;/h19H,2-18H2,1H3,(H,23,24)(H,25,26);/q;+1/b20-19+;. The molecule has 0 aliphatic carbocycles. The molecule has 152 valence electrons. The van der Waals surface area contributed by atoms with E-state index in [4.69, 9.17) is 10.2 Å². The predicted octanol–water partition coefficient (Wildman–Crippen LogP) is 3.74. The van der Waals surface area contributed by atoms with E-state index in [0.717, 1.165) is 25.3 Å². The first-order valence-corrected chi connectivity index (χ1v) is 10.7. The van der Waals surface area contributed by atoms with Crippen molar-refractivity contribution in [2.24, 2.45) is 0 Å². The van der Waals surface area contributed by atoms with Crippen LogP contribution in [0.2, 0.25) is 0 Å². The van der Waals surface area contributed by atoms with Crippen LogP contribution in [0.1, 0.15) is 116 Å². The molecule has 27 heavy (non-hydrogen) atoms. The summed E-state index contributed by atoms with van der Waals surface area (Å²) in [7, 11) is 0. The molecule has 0 bridgehead atoms. The van der Waals surface area contributed by atoms with Gasteiger partial charge in [-0.25, -0.2) is 9.59 Å². The third kappa shape index (κ3) is 21.8. The van der Waals surface area contributed by atoms with Crippen molar-refractivity contribution in [3.8, 4) is 0 Å². The largest absolute Gasteiger partial charge is 1.00 e. The van der Waals surface area contributed by atoms with E-state index in [1.165, 1.54) is 83.5 Å². The first kappa shape index (κ1) is 28.9. The molecule has 0 aromatic rings. The number of unbranched alkanes of at least 4 members (excludes halogenated alkanes) is 15. The number of carboxylic acid groups (broad SMARTS) is 2. The molecule has 0 aromatic carbocycles. The van der Waals surface area contributed by atoms with Crippen LogP contribution in [0.15, 0.2) is 11.6 Å². The molecule has 0 spiro atoms. The Kier molecular flexibility index (Phi) is 23.5. The average molecular weight is 392 g/mol. The first-order valence-electron chi connectivity index (χ1n) is 10.7. The summed E-state index contributed by atoms with van der Waals surface area (Å²) < 4.78 is 0. The van der Waals surface area contributed by atoms with Gasteiger partial charge in [-0.15, -0.1) is 0 Å². The van der Waals surface area contributed by atoms with Crippen LogP contribution in [0.5, 0.6) is 0 Å². The van der Waals surface area contributed by atoms with Gasteiger partial charge in [-0.2, -0.15) is 0 Å². The van der Waals surface area contributed by atoms with Crippen molar-refractivity contribution in [2.45, 2.75) is 116 Å². The summed E-state index contributed by atoms with van der Waals surface area (Å²) in [6.45, 7) is 2.26. The van der Waals surface area contributed by atoms with E-state index in [9.17, 15) is 9.59 Å². The number of carboxylic acids is 2. The van der Waals surface area contributed by atoms with E-state index in [1.807, 2.05) is 0 Å². The first-order chi connectivity index (χ1) is 12.6. The summed E-state index contributed by atoms with van der Waals surface area (Å²) in [6, 6.07) is 0. The minimum atomic E-state index is -1.18. The molecule has 0 rings (SSSR count). The summed E-state index contributed by atoms with van der Waals surface area (Å²) in [4.78, 5) is 21.4. The summed E-state index contributed by atoms with van der Waals surface area (Å²) in [5.41, 5.74) is 0.00265. The van der Waals surface area contributed by atoms with Gasteiger partial charge >= 0.3 is 41.5 Å². The Morgan fingerprint density at radius 3 is 1.26 bits per heavy atom. The fraction of sp³-hybridized carbons (Fsp3) is 0.818. The Bertz CT molecular complexity index is 394. The molecule has 0 saturated heterocycles. The van der Waals surface area contributed by atoms with Crippen LogP contribution in [0, 0.1) is 0 Å². The third-order valence-corrected chi connectivity index (χ3v) is 4.87. The molecule has 0 unspecified atom stereocenters. The zero-order valence-corrected chi connectivity index (χ0v) is 19.8. The van der Waals surface area contributed by atoms with Crippen LogP contribution in [0.25, 0.3) is 0 Å². The van der Waals surface area contributed by atoms with Crippen molar-refractivity contribution in [1.29, 1.82) is 0 Å². The van der Waals surface area contributed by atoms with Crippen LogP contribution in [0.4, 0.5) is 0 Å². The number of hydrogen-bond donors (Lipinski definition) is 2. The van der Waals surface area contributed by atoms with Gasteiger partial charge in [0.05, 0.1) is 0 Å². The molecule has 0 radical (unpaired) electrons. The molecule has 0 saturated carbocycles. The van der Waals surface area contributed by atoms with E-state index >= 15 is 0 Å². The van der Waals surface area contributed by atoms with Crippen molar-refractivity contribution in [1.82, 2.24) is 0 Å². The maximum atomic E-state index is 10.9. The summed E-state index contributed by atoms with van der Waals surface area (Å²) in [6.07, 6.45) is 21.6. The van der Waals surface area contributed by atoms with E-state index < -0.39 is 11.9 Å². The summed E-state index contributed by atoms with van der Waals surface area (Å²) in [5, 5.41) is 17.5. The normalized spacial score (nSPS) is 11.2. The van der Waals surface area contributed by atoms with Crippen LogP contribution in [-0.2, 0) is 9.59 Å². The predicted molar refractivity (Wildman–Crippen MR) is 108 cm³/mol. The second-order valence-corrected chi connectivity index (χ2v) is 7.37. The molecule has 0 aliphatic heterocycles. The second-order valence-electron chi connectivity index (χ2n) is 7.37. The van der Waals surface area contributed by atoms with Gasteiger partial charge in [-0.3, -0.25) is 0 Å². The van der Waals surface area contributed by atoms with Gasteiger partial charge in [-0.1, -0.05) is 103 Å². The molecular weight excluding hydrogens is 351 g/mol. The van der Waals surface area contributed by atoms with Crippen LogP contribution < -0.4 is 29.6 Å². The van der Waals surface area contributed by atoms with Crippen molar-refractivity contribution >= 4 is 11.9 Å². The molecule has 0 atom stereocenters. The van der Waals surface area contributed by atoms with Crippen LogP contribution in [0.3, 0.4) is 0 Å². The quantitative estimate of drug-likeness (QED) is 0.200. The van der Waals surface area contributed by atoms with Gasteiger partial charge in [0.1, 0.15) is 0 Å². The van der Waals surface area contributed by atoms with Crippen LogP contribution >= 0.6 is 0 Å². The molecule has 0 heterocycles. The van der Waals surface area contributed by atoms with Crippen molar-refractivity contribution < 1.29 is 49.4 Å². The topological polar surface area (TPSA) is 74.6 Å². The van der Waals surface area contributed by atoms with Crippen molar-refractivity contribution in [3.05, 3.63) is 11.6 Å². The number of aliphatic carboxylic acids is 2. The molecule has 0 amide bonds. The molecule has 5 heteroatoms. The molecule has 0 aliphatic rings. The van der Waals surface area contributed by atoms with Gasteiger partial charge in [-0.05, 0) is 12.8 Å². The zero-order valence-electron chi connectivity index (χ0n) is 17.8. The van der Waals surface area contributed by atoms with E-state index in [1.54, 1.807) is 0 Å². The second kappa shape index (κ2) is 22.0.